The number of likely N-dealkylation sites (N-methyl/N-ethyl adjacent to an activating group) is 1. The maximum Gasteiger partial charge on any atom is 0.0472 e. The molecule has 2 rings (SSSR count). The van der Waals surface area contributed by atoms with Gasteiger partial charge in [-0.25, -0.2) is 0 Å². The predicted octanol–water partition coefficient (Wildman–Crippen LogP) is 2.33. The second-order valence-corrected chi connectivity index (χ2v) is 7.22. The van der Waals surface area contributed by atoms with Crippen molar-refractivity contribution >= 4 is 11.8 Å². The van der Waals surface area contributed by atoms with Crippen molar-refractivity contribution in [1.82, 2.24) is 4.90 Å². The van der Waals surface area contributed by atoms with E-state index in [1.165, 1.54) is 37.2 Å². The van der Waals surface area contributed by atoms with Gasteiger partial charge in [0.1, 0.15) is 0 Å². The fourth-order valence-electron chi connectivity index (χ4n) is 3.18. The zero-order chi connectivity index (χ0) is 11.8. The Balaban J connectivity index is 2.21. The van der Waals surface area contributed by atoms with Crippen molar-refractivity contribution < 1.29 is 0 Å². The van der Waals surface area contributed by atoms with Gasteiger partial charge in [-0.1, -0.05) is 20.3 Å². The second kappa shape index (κ2) is 4.51. The van der Waals surface area contributed by atoms with Crippen LogP contribution in [0.15, 0.2) is 0 Å². The number of nitrogens with zero attached hydrogens (tertiary/aromatic N) is 1. The summed E-state index contributed by atoms with van der Waals surface area (Å²) < 4.78 is 0. The lowest BCUT2D eigenvalue weighted by molar-refractivity contribution is -0.0303. The van der Waals surface area contributed by atoms with Gasteiger partial charge in [-0.15, -0.1) is 0 Å². The van der Waals surface area contributed by atoms with E-state index in [-0.39, 0.29) is 5.54 Å². The quantitative estimate of drug-likeness (QED) is 0.823. The lowest BCUT2D eigenvalue weighted by Gasteiger charge is -2.58. The van der Waals surface area contributed by atoms with Crippen LogP contribution in [0.5, 0.6) is 0 Å². The molecule has 2 aliphatic rings. The molecule has 0 amide bonds. The van der Waals surface area contributed by atoms with Gasteiger partial charge in [0.25, 0.3) is 0 Å². The van der Waals surface area contributed by atoms with Crippen LogP contribution in [-0.2, 0) is 0 Å². The molecule has 1 aliphatic heterocycles. The first-order chi connectivity index (χ1) is 7.53. The Morgan fingerprint density at radius 1 is 1.38 bits per heavy atom. The Labute approximate surface area is 104 Å². The fraction of sp³-hybridized carbons (Fsp3) is 1.00. The van der Waals surface area contributed by atoms with E-state index >= 15 is 0 Å². The number of hydrogen-bond acceptors (Lipinski definition) is 3. The molecular formula is C13H26N2S. The SMILES string of the molecule is CN(C1CCC1)C1(CN)CSCCC1(C)C. The minimum atomic E-state index is 0.223. The average molecular weight is 242 g/mol. The third kappa shape index (κ3) is 1.81. The van der Waals surface area contributed by atoms with Crippen molar-refractivity contribution in [2.24, 2.45) is 11.1 Å². The van der Waals surface area contributed by atoms with Crippen LogP contribution >= 0.6 is 11.8 Å². The maximum absolute atomic E-state index is 6.18. The minimum Gasteiger partial charge on any atom is -0.329 e. The monoisotopic (exact) mass is 242 g/mol. The number of rotatable bonds is 3. The van der Waals surface area contributed by atoms with Crippen LogP contribution in [0.25, 0.3) is 0 Å². The molecule has 2 fully saturated rings. The van der Waals surface area contributed by atoms with Crippen LogP contribution in [-0.4, -0.2) is 41.6 Å². The fourth-order valence-corrected chi connectivity index (χ4v) is 5.03. The van der Waals surface area contributed by atoms with Gasteiger partial charge in [-0.05, 0) is 37.5 Å². The zero-order valence-electron chi connectivity index (χ0n) is 11.0. The Hall–Kier alpha value is 0.270. The highest BCUT2D eigenvalue weighted by atomic mass is 32.2. The van der Waals surface area contributed by atoms with Crippen LogP contribution in [0, 0.1) is 5.41 Å². The van der Waals surface area contributed by atoms with Gasteiger partial charge < -0.3 is 5.73 Å². The van der Waals surface area contributed by atoms with Crippen molar-refractivity contribution in [3.63, 3.8) is 0 Å². The molecule has 2 nitrogen and oxygen atoms in total. The summed E-state index contributed by atoms with van der Waals surface area (Å²) in [6.07, 6.45) is 5.45. The number of thioether (sulfide) groups is 1. The minimum absolute atomic E-state index is 0.223. The van der Waals surface area contributed by atoms with Gasteiger partial charge in [-0.3, -0.25) is 4.90 Å². The number of hydrogen-bond donors (Lipinski definition) is 1. The normalized spacial score (nSPS) is 35.1. The Bertz CT molecular complexity index is 250. The molecule has 1 unspecified atom stereocenters. The van der Waals surface area contributed by atoms with Crippen LogP contribution in [0.2, 0.25) is 0 Å². The summed E-state index contributed by atoms with van der Waals surface area (Å²) in [5.41, 5.74) is 6.76. The van der Waals surface area contributed by atoms with E-state index in [2.05, 4.69) is 37.6 Å². The third-order valence-electron chi connectivity index (χ3n) is 5.11. The van der Waals surface area contributed by atoms with Gasteiger partial charge in [0, 0.05) is 23.9 Å². The molecule has 0 aromatic rings. The Kier molecular flexibility index (Phi) is 3.58. The predicted molar refractivity (Wildman–Crippen MR) is 72.9 cm³/mol. The molecule has 16 heavy (non-hydrogen) atoms. The van der Waals surface area contributed by atoms with Crippen molar-refractivity contribution in [1.29, 1.82) is 0 Å². The van der Waals surface area contributed by atoms with Crippen LogP contribution in [0.4, 0.5) is 0 Å². The van der Waals surface area contributed by atoms with E-state index in [1.54, 1.807) is 0 Å². The van der Waals surface area contributed by atoms with E-state index in [9.17, 15) is 0 Å². The summed E-state index contributed by atoms with van der Waals surface area (Å²) in [4.78, 5) is 2.63. The first-order valence-electron chi connectivity index (χ1n) is 6.54. The Morgan fingerprint density at radius 2 is 2.06 bits per heavy atom. The highest BCUT2D eigenvalue weighted by Crippen LogP contribution is 2.47. The molecular weight excluding hydrogens is 216 g/mol. The van der Waals surface area contributed by atoms with Crippen molar-refractivity contribution in [2.75, 3.05) is 25.1 Å². The van der Waals surface area contributed by atoms with Gasteiger partial charge in [0.2, 0.25) is 0 Å². The number of nitrogens with two attached hydrogens (primary N) is 1. The molecule has 2 N–H and O–H groups in total. The Morgan fingerprint density at radius 3 is 2.50 bits per heavy atom. The average Bonchev–Trinajstić information content (AvgIpc) is 2.14. The van der Waals surface area contributed by atoms with E-state index in [0.717, 1.165) is 12.6 Å². The molecule has 0 aromatic carbocycles. The second-order valence-electron chi connectivity index (χ2n) is 6.12. The van der Waals surface area contributed by atoms with Crippen molar-refractivity contribution in [3.05, 3.63) is 0 Å². The van der Waals surface area contributed by atoms with Crippen LogP contribution in [0.1, 0.15) is 39.5 Å². The van der Waals surface area contributed by atoms with Crippen LogP contribution < -0.4 is 5.73 Å². The first-order valence-corrected chi connectivity index (χ1v) is 7.70. The molecule has 94 valence electrons. The zero-order valence-corrected chi connectivity index (χ0v) is 11.8. The smallest absolute Gasteiger partial charge is 0.0472 e. The van der Waals surface area contributed by atoms with E-state index in [0.29, 0.717) is 5.41 Å². The molecule has 1 saturated carbocycles. The van der Waals surface area contributed by atoms with Crippen LogP contribution in [0.3, 0.4) is 0 Å². The first kappa shape index (κ1) is 12.7. The highest BCUT2D eigenvalue weighted by Gasteiger charge is 2.50. The third-order valence-corrected chi connectivity index (χ3v) is 6.28. The summed E-state index contributed by atoms with van der Waals surface area (Å²) in [5, 5.41) is 0. The van der Waals surface area contributed by atoms with Gasteiger partial charge in [-0.2, -0.15) is 11.8 Å². The van der Waals surface area contributed by atoms with E-state index in [1.807, 2.05) is 0 Å². The summed E-state index contributed by atoms with van der Waals surface area (Å²) in [7, 11) is 2.31. The summed E-state index contributed by atoms with van der Waals surface area (Å²) in [6.45, 7) is 5.63. The van der Waals surface area contributed by atoms with E-state index in [4.69, 9.17) is 5.73 Å². The highest BCUT2D eigenvalue weighted by molar-refractivity contribution is 7.99. The molecule has 1 atom stereocenters. The van der Waals surface area contributed by atoms with Crippen molar-refractivity contribution in [3.8, 4) is 0 Å². The maximum atomic E-state index is 6.18. The lowest BCUT2D eigenvalue weighted by Crippen LogP contribution is -2.67. The van der Waals surface area contributed by atoms with E-state index < -0.39 is 0 Å². The molecule has 0 bridgehead atoms. The summed E-state index contributed by atoms with van der Waals surface area (Å²) >= 11 is 2.09. The van der Waals surface area contributed by atoms with Gasteiger partial charge >= 0.3 is 0 Å². The molecule has 0 radical (unpaired) electrons. The molecule has 0 aromatic heterocycles. The lowest BCUT2D eigenvalue weighted by atomic mass is 9.68. The van der Waals surface area contributed by atoms with Gasteiger partial charge in [0.15, 0.2) is 0 Å². The molecule has 1 saturated heterocycles. The summed E-state index contributed by atoms with van der Waals surface area (Å²) in [6, 6.07) is 0.793. The topological polar surface area (TPSA) is 29.3 Å². The van der Waals surface area contributed by atoms with Crippen molar-refractivity contribution in [2.45, 2.75) is 51.1 Å². The standard InChI is InChI=1S/C13H26N2S/c1-12(2)7-8-16-10-13(12,9-14)15(3)11-5-4-6-11/h11H,4-10,14H2,1-3H3. The molecule has 1 aliphatic carbocycles. The van der Waals surface area contributed by atoms with Gasteiger partial charge in [0.05, 0.1) is 0 Å². The summed E-state index contributed by atoms with van der Waals surface area (Å²) in [5.74, 6) is 2.51. The largest absolute Gasteiger partial charge is 0.329 e. The molecule has 1 heterocycles. The molecule has 3 heteroatoms. The molecule has 0 spiro atoms.